The van der Waals surface area contributed by atoms with E-state index in [1.165, 1.54) is 5.56 Å². The lowest BCUT2D eigenvalue weighted by atomic mass is 10.0. The Morgan fingerprint density at radius 1 is 1.29 bits per heavy atom. The van der Waals surface area contributed by atoms with Crippen LogP contribution in [-0.4, -0.2) is 5.11 Å². The SMILES string of the molecule is CC(C)c1cccc2cc(C(O)C3CC3)oc12. The molecule has 1 atom stereocenters. The second kappa shape index (κ2) is 3.88. The van der Waals surface area contributed by atoms with Crippen LogP contribution in [0, 0.1) is 5.92 Å². The van der Waals surface area contributed by atoms with Crippen LogP contribution in [0.15, 0.2) is 28.7 Å². The van der Waals surface area contributed by atoms with Gasteiger partial charge in [-0.2, -0.15) is 0 Å². The van der Waals surface area contributed by atoms with Gasteiger partial charge in [-0.3, -0.25) is 0 Å². The average molecular weight is 230 g/mol. The van der Waals surface area contributed by atoms with E-state index in [-0.39, 0.29) is 0 Å². The Morgan fingerprint density at radius 3 is 2.71 bits per heavy atom. The standard InChI is InChI=1S/C15H18O2/c1-9(2)12-5-3-4-11-8-13(17-15(11)12)14(16)10-6-7-10/h3-5,8-10,14,16H,6-7H2,1-2H3. The molecule has 17 heavy (non-hydrogen) atoms. The molecular weight excluding hydrogens is 212 g/mol. The molecule has 0 saturated heterocycles. The van der Waals surface area contributed by atoms with Crippen LogP contribution in [0.2, 0.25) is 0 Å². The summed E-state index contributed by atoms with van der Waals surface area (Å²) < 4.78 is 5.87. The van der Waals surface area contributed by atoms with Crippen LogP contribution in [-0.2, 0) is 0 Å². The molecule has 1 heterocycles. The van der Waals surface area contributed by atoms with Gasteiger partial charge in [0, 0.05) is 5.39 Å². The van der Waals surface area contributed by atoms with Gasteiger partial charge in [0.25, 0.3) is 0 Å². The van der Waals surface area contributed by atoms with Crippen molar-refractivity contribution < 1.29 is 9.52 Å². The second-order valence-electron chi connectivity index (χ2n) is 5.35. The summed E-state index contributed by atoms with van der Waals surface area (Å²) >= 11 is 0. The van der Waals surface area contributed by atoms with E-state index in [0.717, 1.165) is 29.6 Å². The van der Waals surface area contributed by atoms with Gasteiger partial charge in [0.1, 0.15) is 17.4 Å². The molecule has 0 spiro atoms. The quantitative estimate of drug-likeness (QED) is 0.864. The van der Waals surface area contributed by atoms with Crippen molar-refractivity contribution in [3.63, 3.8) is 0 Å². The smallest absolute Gasteiger partial charge is 0.137 e. The first kappa shape index (κ1) is 10.8. The fraction of sp³-hybridized carbons (Fsp3) is 0.467. The lowest BCUT2D eigenvalue weighted by Gasteiger charge is -2.06. The number of furan rings is 1. The summed E-state index contributed by atoms with van der Waals surface area (Å²) in [6, 6.07) is 8.20. The van der Waals surface area contributed by atoms with Crippen molar-refractivity contribution in [2.45, 2.75) is 38.7 Å². The summed E-state index contributed by atoms with van der Waals surface area (Å²) in [6.07, 6.45) is 1.83. The first-order valence-corrected chi connectivity index (χ1v) is 6.37. The van der Waals surface area contributed by atoms with Crippen LogP contribution in [0.4, 0.5) is 0 Å². The molecule has 90 valence electrons. The van der Waals surface area contributed by atoms with Crippen molar-refractivity contribution in [2.75, 3.05) is 0 Å². The number of aliphatic hydroxyl groups excluding tert-OH is 1. The summed E-state index contributed by atoms with van der Waals surface area (Å²) in [5.41, 5.74) is 2.16. The van der Waals surface area contributed by atoms with Gasteiger partial charge in [0.2, 0.25) is 0 Å². The maximum absolute atomic E-state index is 10.1. The minimum atomic E-state index is -0.414. The molecule has 2 nitrogen and oxygen atoms in total. The van der Waals surface area contributed by atoms with Crippen LogP contribution in [0.5, 0.6) is 0 Å². The monoisotopic (exact) mass is 230 g/mol. The van der Waals surface area contributed by atoms with Crippen molar-refractivity contribution in [3.8, 4) is 0 Å². The number of rotatable bonds is 3. The summed E-state index contributed by atoms with van der Waals surface area (Å²) in [7, 11) is 0. The molecule has 1 unspecified atom stereocenters. The van der Waals surface area contributed by atoms with Crippen molar-refractivity contribution in [1.82, 2.24) is 0 Å². The minimum absolute atomic E-state index is 0.414. The Bertz CT molecular complexity index is 535. The highest BCUT2D eigenvalue weighted by Gasteiger charge is 2.33. The molecule has 2 heteroatoms. The van der Waals surface area contributed by atoms with Gasteiger partial charge in [-0.25, -0.2) is 0 Å². The van der Waals surface area contributed by atoms with E-state index in [1.54, 1.807) is 0 Å². The number of hydrogen-bond donors (Lipinski definition) is 1. The molecule has 0 amide bonds. The molecule has 2 aromatic rings. The number of para-hydroxylation sites is 1. The molecule has 1 aliphatic rings. The fourth-order valence-corrected chi connectivity index (χ4v) is 2.35. The van der Waals surface area contributed by atoms with Gasteiger partial charge < -0.3 is 9.52 Å². The third kappa shape index (κ3) is 1.87. The van der Waals surface area contributed by atoms with E-state index in [1.807, 2.05) is 12.1 Å². The number of benzene rings is 1. The predicted molar refractivity (Wildman–Crippen MR) is 68.0 cm³/mol. The Hall–Kier alpha value is -1.28. The van der Waals surface area contributed by atoms with Gasteiger partial charge in [-0.15, -0.1) is 0 Å². The van der Waals surface area contributed by atoms with Crippen LogP contribution in [0.25, 0.3) is 11.0 Å². The lowest BCUT2D eigenvalue weighted by Crippen LogP contribution is -1.96. The van der Waals surface area contributed by atoms with E-state index in [4.69, 9.17) is 4.42 Å². The first-order valence-electron chi connectivity index (χ1n) is 6.37. The van der Waals surface area contributed by atoms with Gasteiger partial charge in [-0.1, -0.05) is 32.0 Å². The van der Waals surface area contributed by atoms with E-state index >= 15 is 0 Å². The second-order valence-corrected chi connectivity index (χ2v) is 5.35. The fourth-order valence-electron chi connectivity index (χ4n) is 2.35. The lowest BCUT2D eigenvalue weighted by molar-refractivity contribution is 0.129. The Balaban J connectivity index is 2.08. The zero-order chi connectivity index (χ0) is 12.0. The highest BCUT2D eigenvalue weighted by molar-refractivity contribution is 5.81. The van der Waals surface area contributed by atoms with Crippen molar-refractivity contribution in [3.05, 3.63) is 35.6 Å². The molecular formula is C15H18O2. The molecule has 0 bridgehead atoms. The van der Waals surface area contributed by atoms with Crippen LogP contribution >= 0.6 is 0 Å². The van der Waals surface area contributed by atoms with Gasteiger partial charge in [-0.05, 0) is 36.3 Å². The Morgan fingerprint density at radius 2 is 2.06 bits per heavy atom. The van der Waals surface area contributed by atoms with Crippen molar-refractivity contribution in [1.29, 1.82) is 0 Å². The third-order valence-electron chi connectivity index (χ3n) is 3.58. The largest absolute Gasteiger partial charge is 0.458 e. The summed E-state index contributed by atoms with van der Waals surface area (Å²) in [5, 5.41) is 11.2. The zero-order valence-corrected chi connectivity index (χ0v) is 10.3. The number of aliphatic hydroxyl groups is 1. The molecule has 1 aromatic carbocycles. The van der Waals surface area contributed by atoms with Gasteiger partial charge in [0.05, 0.1) is 0 Å². The number of hydrogen-bond acceptors (Lipinski definition) is 2. The zero-order valence-electron chi connectivity index (χ0n) is 10.3. The molecule has 1 aliphatic carbocycles. The van der Waals surface area contributed by atoms with E-state index in [0.29, 0.717) is 11.8 Å². The summed E-state index contributed by atoms with van der Waals surface area (Å²) in [6.45, 7) is 4.32. The van der Waals surface area contributed by atoms with Crippen molar-refractivity contribution in [2.24, 2.45) is 5.92 Å². The van der Waals surface area contributed by atoms with Crippen LogP contribution in [0.1, 0.15) is 50.0 Å². The van der Waals surface area contributed by atoms with Gasteiger partial charge in [0.15, 0.2) is 0 Å². The van der Waals surface area contributed by atoms with Crippen molar-refractivity contribution >= 4 is 11.0 Å². The predicted octanol–water partition coefficient (Wildman–Crippen LogP) is 4.00. The maximum Gasteiger partial charge on any atom is 0.137 e. The van der Waals surface area contributed by atoms with E-state index in [9.17, 15) is 5.11 Å². The molecule has 1 fully saturated rings. The molecule has 0 aliphatic heterocycles. The average Bonchev–Trinajstić information content (AvgIpc) is 3.05. The summed E-state index contributed by atoms with van der Waals surface area (Å²) in [5.74, 6) is 1.59. The summed E-state index contributed by atoms with van der Waals surface area (Å²) in [4.78, 5) is 0. The highest BCUT2D eigenvalue weighted by Crippen LogP contribution is 2.42. The minimum Gasteiger partial charge on any atom is -0.458 e. The maximum atomic E-state index is 10.1. The van der Waals surface area contributed by atoms with E-state index < -0.39 is 6.10 Å². The normalized spacial score (nSPS) is 17.9. The molecule has 1 N–H and O–H groups in total. The third-order valence-corrected chi connectivity index (χ3v) is 3.58. The van der Waals surface area contributed by atoms with E-state index in [2.05, 4.69) is 26.0 Å². The molecule has 0 radical (unpaired) electrons. The highest BCUT2D eigenvalue weighted by atomic mass is 16.4. The molecule has 1 aromatic heterocycles. The topological polar surface area (TPSA) is 33.4 Å². The number of fused-ring (bicyclic) bond motifs is 1. The Kier molecular flexibility index (Phi) is 2.48. The first-order chi connectivity index (χ1) is 8.16. The molecule has 3 rings (SSSR count). The Labute approximate surface area is 101 Å². The van der Waals surface area contributed by atoms with Crippen LogP contribution < -0.4 is 0 Å². The molecule has 1 saturated carbocycles. The van der Waals surface area contributed by atoms with Gasteiger partial charge >= 0.3 is 0 Å². The van der Waals surface area contributed by atoms with Crippen LogP contribution in [0.3, 0.4) is 0 Å².